The zero-order valence-corrected chi connectivity index (χ0v) is 11.0. The van der Waals surface area contributed by atoms with Gasteiger partial charge in [0.15, 0.2) is 9.84 Å². The quantitative estimate of drug-likeness (QED) is 0.890. The number of aromatic amines is 1. The van der Waals surface area contributed by atoms with Crippen molar-refractivity contribution < 1.29 is 22.7 Å². The highest BCUT2D eigenvalue weighted by Crippen LogP contribution is 2.23. The fourth-order valence-electron chi connectivity index (χ4n) is 1.61. The van der Waals surface area contributed by atoms with Crippen LogP contribution in [0.2, 0.25) is 0 Å². The number of halogens is 1. The molecular formula is C11H11FN2O4S. The predicted octanol–water partition coefficient (Wildman–Crippen LogP) is 1.51. The van der Waals surface area contributed by atoms with Gasteiger partial charge < -0.3 is 10.1 Å². The van der Waals surface area contributed by atoms with E-state index in [1.807, 2.05) is 0 Å². The number of carbonyl (C=O) groups is 1. The molecule has 0 saturated heterocycles. The first kappa shape index (κ1) is 13.5. The topological polar surface area (TPSA) is 100 Å². The highest BCUT2D eigenvalue weighted by Gasteiger charge is 2.22. The fourth-order valence-corrected chi connectivity index (χ4v) is 2.13. The standard InChI is InChI=1S/C11H11FN2O4S/c1-5(19(2,17)18)10-13-8-3-6(11(15)16)7(12)4-9(8)14-10/h3-5H,1-2H3,(H,13,14)(H,15,16). The molecule has 0 aliphatic carbocycles. The van der Waals surface area contributed by atoms with Gasteiger partial charge in [-0.1, -0.05) is 0 Å². The second-order valence-corrected chi connectivity index (χ2v) is 6.61. The van der Waals surface area contributed by atoms with Gasteiger partial charge in [-0.25, -0.2) is 22.6 Å². The SMILES string of the molecule is CC(c1nc2cc(C(=O)O)c(F)cc2[nH]1)S(C)(=O)=O. The number of sulfone groups is 1. The van der Waals surface area contributed by atoms with Crippen LogP contribution < -0.4 is 0 Å². The molecule has 0 radical (unpaired) electrons. The van der Waals surface area contributed by atoms with Crippen LogP contribution in [0.5, 0.6) is 0 Å². The Kier molecular flexibility index (Phi) is 3.05. The molecule has 1 aromatic carbocycles. The predicted molar refractivity (Wildman–Crippen MR) is 66.3 cm³/mol. The van der Waals surface area contributed by atoms with E-state index in [0.29, 0.717) is 0 Å². The largest absolute Gasteiger partial charge is 0.478 e. The Morgan fingerprint density at radius 3 is 2.63 bits per heavy atom. The second kappa shape index (κ2) is 4.30. The fraction of sp³-hybridized carbons (Fsp3) is 0.273. The van der Waals surface area contributed by atoms with Gasteiger partial charge in [-0.2, -0.15) is 0 Å². The first-order valence-corrected chi connectivity index (χ1v) is 7.27. The van der Waals surface area contributed by atoms with Crippen molar-refractivity contribution in [3.63, 3.8) is 0 Å². The molecule has 0 bridgehead atoms. The van der Waals surface area contributed by atoms with Crippen molar-refractivity contribution in [1.29, 1.82) is 0 Å². The smallest absolute Gasteiger partial charge is 0.338 e. The molecule has 0 aliphatic heterocycles. The first-order chi connectivity index (χ1) is 8.70. The van der Waals surface area contributed by atoms with Crippen LogP contribution in [0.15, 0.2) is 12.1 Å². The minimum atomic E-state index is -3.34. The third-order valence-corrected chi connectivity index (χ3v) is 4.35. The number of aromatic carboxylic acids is 1. The summed E-state index contributed by atoms with van der Waals surface area (Å²) in [5, 5.41) is 7.92. The number of H-pyrrole nitrogens is 1. The van der Waals surface area contributed by atoms with E-state index in [4.69, 9.17) is 5.11 Å². The summed E-state index contributed by atoms with van der Waals surface area (Å²) >= 11 is 0. The van der Waals surface area contributed by atoms with E-state index in [2.05, 4.69) is 9.97 Å². The molecule has 2 N–H and O–H groups in total. The van der Waals surface area contributed by atoms with Crippen LogP contribution >= 0.6 is 0 Å². The lowest BCUT2D eigenvalue weighted by atomic mass is 10.2. The van der Waals surface area contributed by atoms with Crippen molar-refractivity contribution in [2.24, 2.45) is 0 Å². The molecule has 0 saturated carbocycles. The highest BCUT2D eigenvalue weighted by atomic mass is 32.2. The van der Waals surface area contributed by atoms with Gasteiger partial charge in [0, 0.05) is 12.3 Å². The molecule has 102 valence electrons. The van der Waals surface area contributed by atoms with Gasteiger partial charge in [0.25, 0.3) is 0 Å². The molecule has 2 rings (SSSR count). The third-order valence-electron chi connectivity index (χ3n) is 2.85. The van der Waals surface area contributed by atoms with Crippen LogP contribution in [0.4, 0.5) is 4.39 Å². The van der Waals surface area contributed by atoms with E-state index < -0.39 is 32.4 Å². The summed E-state index contributed by atoms with van der Waals surface area (Å²) < 4.78 is 36.3. The van der Waals surface area contributed by atoms with Crippen LogP contribution in [-0.4, -0.2) is 35.7 Å². The van der Waals surface area contributed by atoms with Gasteiger partial charge in [0.1, 0.15) is 16.9 Å². The number of carboxylic acid groups (broad SMARTS) is 1. The molecule has 0 fully saturated rings. The molecule has 1 aromatic heterocycles. The number of aromatic nitrogens is 2. The molecule has 1 atom stereocenters. The maximum Gasteiger partial charge on any atom is 0.338 e. The second-order valence-electron chi connectivity index (χ2n) is 4.25. The van der Waals surface area contributed by atoms with Gasteiger partial charge in [-0.3, -0.25) is 0 Å². The molecule has 0 amide bonds. The summed E-state index contributed by atoms with van der Waals surface area (Å²) in [6.45, 7) is 1.45. The van der Waals surface area contributed by atoms with Gasteiger partial charge in [-0.15, -0.1) is 0 Å². The summed E-state index contributed by atoms with van der Waals surface area (Å²) in [5.74, 6) is -2.15. The maximum atomic E-state index is 13.5. The van der Waals surface area contributed by atoms with E-state index in [1.165, 1.54) is 6.92 Å². The molecule has 19 heavy (non-hydrogen) atoms. The number of imidazole rings is 1. The number of nitrogens with one attached hydrogen (secondary N) is 1. The molecule has 0 aliphatic rings. The summed E-state index contributed by atoms with van der Waals surface area (Å²) in [6, 6.07) is 2.06. The number of hydrogen-bond acceptors (Lipinski definition) is 4. The van der Waals surface area contributed by atoms with Crippen LogP contribution in [-0.2, 0) is 9.84 Å². The number of fused-ring (bicyclic) bond motifs is 1. The third kappa shape index (κ3) is 2.43. The lowest BCUT2D eigenvalue weighted by Crippen LogP contribution is -2.09. The van der Waals surface area contributed by atoms with Crippen molar-refractivity contribution >= 4 is 26.8 Å². The van der Waals surface area contributed by atoms with Crippen LogP contribution in [0.25, 0.3) is 11.0 Å². The minimum absolute atomic E-state index is 0.152. The van der Waals surface area contributed by atoms with Crippen molar-refractivity contribution in [1.82, 2.24) is 9.97 Å². The van der Waals surface area contributed by atoms with Gasteiger partial charge in [-0.05, 0) is 13.0 Å². The van der Waals surface area contributed by atoms with E-state index in [1.54, 1.807) is 0 Å². The number of carboxylic acids is 1. The van der Waals surface area contributed by atoms with Gasteiger partial charge in [0.05, 0.1) is 16.6 Å². The number of nitrogens with zero attached hydrogens (tertiary/aromatic N) is 1. The molecule has 1 unspecified atom stereocenters. The number of hydrogen-bond donors (Lipinski definition) is 2. The van der Waals surface area contributed by atoms with Crippen LogP contribution in [0.1, 0.15) is 28.4 Å². The average molecular weight is 286 g/mol. The van der Waals surface area contributed by atoms with Crippen molar-refractivity contribution in [3.8, 4) is 0 Å². The zero-order valence-electron chi connectivity index (χ0n) is 10.1. The summed E-state index contributed by atoms with van der Waals surface area (Å²) in [4.78, 5) is 17.5. The monoisotopic (exact) mass is 286 g/mol. The molecule has 2 aromatic rings. The highest BCUT2D eigenvalue weighted by molar-refractivity contribution is 7.90. The van der Waals surface area contributed by atoms with Gasteiger partial charge >= 0.3 is 5.97 Å². The van der Waals surface area contributed by atoms with Crippen molar-refractivity contribution in [3.05, 3.63) is 29.3 Å². The van der Waals surface area contributed by atoms with E-state index in [-0.39, 0.29) is 16.9 Å². The average Bonchev–Trinajstić information content (AvgIpc) is 2.67. The van der Waals surface area contributed by atoms with Crippen molar-refractivity contribution in [2.75, 3.05) is 6.26 Å². The van der Waals surface area contributed by atoms with Crippen LogP contribution in [0.3, 0.4) is 0 Å². The molecular weight excluding hydrogens is 275 g/mol. The normalized spacial score (nSPS) is 13.6. The first-order valence-electron chi connectivity index (χ1n) is 5.31. The number of benzene rings is 1. The molecule has 1 heterocycles. The molecule has 6 nitrogen and oxygen atoms in total. The van der Waals surface area contributed by atoms with Crippen LogP contribution in [0, 0.1) is 5.82 Å². The van der Waals surface area contributed by atoms with Gasteiger partial charge in [0.2, 0.25) is 0 Å². The Balaban J connectivity index is 2.62. The zero-order chi connectivity index (χ0) is 14.4. The maximum absolute atomic E-state index is 13.5. The minimum Gasteiger partial charge on any atom is -0.478 e. The Morgan fingerprint density at radius 2 is 2.11 bits per heavy atom. The molecule has 8 heteroatoms. The van der Waals surface area contributed by atoms with E-state index >= 15 is 0 Å². The van der Waals surface area contributed by atoms with E-state index in [9.17, 15) is 17.6 Å². The number of rotatable bonds is 3. The van der Waals surface area contributed by atoms with Crippen molar-refractivity contribution in [2.45, 2.75) is 12.2 Å². The summed E-state index contributed by atoms with van der Waals surface area (Å²) in [7, 11) is -3.34. The Bertz CT molecular complexity index is 766. The summed E-state index contributed by atoms with van der Waals surface area (Å²) in [5.41, 5.74) is -0.0325. The van der Waals surface area contributed by atoms with E-state index in [0.717, 1.165) is 18.4 Å². The Hall–Kier alpha value is -1.96. The lowest BCUT2D eigenvalue weighted by molar-refractivity contribution is 0.0692. The summed E-state index contributed by atoms with van der Waals surface area (Å²) in [6.07, 6.45) is 1.06. The molecule has 0 spiro atoms. The Morgan fingerprint density at radius 1 is 1.47 bits per heavy atom. The lowest BCUT2D eigenvalue weighted by Gasteiger charge is -2.04. The Labute approximate surface area is 108 Å².